The first-order valence-corrected chi connectivity index (χ1v) is 8.96. The van der Waals surface area contributed by atoms with Gasteiger partial charge in [0, 0.05) is 12.2 Å². The third-order valence-electron chi connectivity index (χ3n) is 5.21. The summed E-state index contributed by atoms with van der Waals surface area (Å²) in [7, 11) is 1.36. The maximum absolute atomic E-state index is 13.1. The van der Waals surface area contributed by atoms with E-state index in [4.69, 9.17) is 9.72 Å². The predicted molar refractivity (Wildman–Crippen MR) is 98.3 cm³/mol. The van der Waals surface area contributed by atoms with Gasteiger partial charge in [0.25, 0.3) is 0 Å². The molecule has 1 aromatic heterocycles. The maximum atomic E-state index is 13.1. The molecule has 2 heterocycles. The average molecular weight is 369 g/mol. The van der Waals surface area contributed by atoms with Gasteiger partial charge in [-0.2, -0.15) is 0 Å². The van der Waals surface area contributed by atoms with Gasteiger partial charge in [-0.25, -0.2) is 9.18 Å². The summed E-state index contributed by atoms with van der Waals surface area (Å²) in [5, 5.41) is 2.86. The van der Waals surface area contributed by atoms with Crippen LogP contribution in [-0.4, -0.2) is 30.6 Å². The first-order valence-electron chi connectivity index (χ1n) is 8.96. The Kier molecular flexibility index (Phi) is 4.30. The number of methoxy groups -OCH3 is 1. The van der Waals surface area contributed by atoms with Gasteiger partial charge in [0.2, 0.25) is 5.91 Å². The number of amides is 2. The summed E-state index contributed by atoms with van der Waals surface area (Å²) in [6.45, 7) is 0.594. The number of aryl methyl sites for hydroxylation is 1. The lowest BCUT2D eigenvalue weighted by Gasteiger charge is -2.28. The van der Waals surface area contributed by atoms with Crippen molar-refractivity contribution in [3.05, 3.63) is 53.6 Å². The number of carbonyl (C=O) groups excluding carboxylic acids is 2. The number of halogens is 1. The summed E-state index contributed by atoms with van der Waals surface area (Å²) in [5.74, 6) is -0.483. The Morgan fingerprint density at radius 3 is 2.59 bits per heavy atom. The van der Waals surface area contributed by atoms with Crippen molar-refractivity contribution in [2.75, 3.05) is 23.9 Å². The average Bonchev–Trinajstić information content (AvgIpc) is 3.50. The Bertz CT molecular complexity index is 894. The van der Waals surface area contributed by atoms with Crippen LogP contribution in [0.25, 0.3) is 0 Å². The van der Waals surface area contributed by atoms with Crippen LogP contribution in [-0.2, 0) is 21.4 Å². The number of nitrogens with zero attached hydrogens (tertiary/aromatic N) is 2. The summed E-state index contributed by atoms with van der Waals surface area (Å²) < 4.78 is 17.9. The number of aromatic nitrogens is 1. The molecule has 0 spiro atoms. The molecule has 2 amide bonds. The maximum Gasteiger partial charge on any atom is 0.414 e. The fraction of sp³-hybridized carbons (Fsp3) is 0.350. The molecule has 0 saturated heterocycles. The van der Waals surface area contributed by atoms with Gasteiger partial charge in [0.1, 0.15) is 5.82 Å². The number of anilines is 2. The van der Waals surface area contributed by atoms with Crippen LogP contribution in [0.4, 0.5) is 20.6 Å². The molecule has 140 valence electrons. The summed E-state index contributed by atoms with van der Waals surface area (Å²) >= 11 is 0. The van der Waals surface area contributed by atoms with E-state index in [1.807, 2.05) is 12.1 Å². The molecule has 1 aliphatic carbocycles. The lowest BCUT2D eigenvalue weighted by atomic mass is 9.98. The Balaban J connectivity index is 1.58. The van der Waals surface area contributed by atoms with Crippen molar-refractivity contribution in [3.63, 3.8) is 0 Å². The van der Waals surface area contributed by atoms with Crippen molar-refractivity contribution in [1.82, 2.24) is 4.98 Å². The Hall–Kier alpha value is -2.96. The number of rotatable bonds is 3. The number of carbonyl (C=O) groups is 2. The highest BCUT2D eigenvalue weighted by molar-refractivity contribution is 6.01. The molecule has 0 unspecified atom stereocenters. The first-order chi connectivity index (χ1) is 13.0. The van der Waals surface area contributed by atoms with Crippen LogP contribution in [0.3, 0.4) is 0 Å². The molecule has 4 rings (SSSR count). The number of nitrogens with one attached hydrogen (secondary N) is 1. The number of hydrogen-bond donors (Lipinski definition) is 1. The SMILES string of the molecule is COC(=O)N1CCCc2nc(C3(C(=O)Nc4ccc(F)cc4)CC3)ccc21. The quantitative estimate of drug-likeness (QED) is 0.900. The lowest BCUT2D eigenvalue weighted by molar-refractivity contribution is -0.118. The van der Waals surface area contributed by atoms with Crippen LogP contribution >= 0.6 is 0 Å². The van der Waals surface area contributed by atoms with Crippen molar-refractivity contribution < 1.29 is 18.7 Å². The smallest absolute Gasteiger partial charge is 0.414 e. The zero-order valence-corrected chi connectivity index (χ0v) is 15.0. The summed E-state index contributed by atoms with van der Waals surface area (Å²) in [6, 6.07) is 9.37. The number of fused-ring (bicyclic) bond motifs is 1. The van der Waals surface area contributed by atoms with Crippen molar-refractivity contribution in [1.29, 1.82) is 0 Å². The molecule has 7 heteroatoms. The fourth-order valence-corrected chi connectivity index (χ4v) is 3.52. The fourth-order valence-electron chi connectivity index (χ4n) is 3.52. The predicted octanol–water partition coefficient (Wildman–Crippen LogP) is 3.41. The molecular weight excluding hydrogens is 349 g/mol. The Labute approximate surface area is 156 Å². The molecule has 0 radical (unpaired) electrons. The van der Waals surface area contributed by atoms with Crippen LogP contribution in [0.2, 0.25) is 0 Å². The Morgan fingerprint density at radius 2 is 1.93 bits per heavy atom. The number of benzene rings is 1. The van der Waals surface area contributed by atoms with Crippen LogP contribution in [0, 0.1) is 5.82 Å². The zero-order valence-electron chi connectivity index (χ0n) is 15.0. The highest BCUT2D eigenvalue weighted by atomic mass is 19.1. The molecule has 0 bridgehead atoms. The number of ether oxygens (including phenoxy) is 1. The molecule has 27 heavy (non-hydrogen) atoms. The highest BCUT2D eigenvalue weighted by Gasteiger charge is 2.53. The van der Waals surface area contributed by atoms with Crippen molar-refractivity contribution in [3.8, 4) is 0 Å². The van der Waals surface area contributed by atoms with E-state index in [-0.39, 0.29) is 11.7 Å². The topological polar surface area (TPSA) is 71.5 Å². The van der Waals surface area contributed by atoms with E-state index < -0.39 is 11.5 Å². The highest BCUT2D eigenvalue weighted by Crippen LogP contribution is 2.49. The largest absolute Gasteiger partial charge is 0.452 e. The van der Waals surface area contributed by atoms with Crippen molar-refractivity contribution in [2.45, 2.75) is 31.1 Å². The normalized spacial score (nSPS) is 17.0. The minimum atomic E-state index is -0.656. The second kappa shape index (κ2) is 6.64. The standard InChI is InChI=1S/C20H20FN3O3/c1-27-19(26)24-12-2-3-15-16(24)8-9-17(23-15)20(10-11-20)18(25)22-14-6-4-13(21)5-7-14/h4-9H,2-3,10-12H2,1H3,(H,22,25). The van der Waals surface area contributed by atoms with E-state index in [0.717, 1.165) is 24.2 Å². The van der Waals surface area contributed by atoms with Crippen LogP contribution in [0.1, 0.15) is 30.7 Å². The molecule has 1 aromatic carbocycles. The van der Waals surface area contributed by atoms with Gasteiger partial charge in [-0.05, 0) is 62.1 Å². The minimum absolute atomic E-state index is 0.137. The number of pyridine rings is 1. The van der Waals surface area contributed by atoms with Gasteiger partial charge in [0.15, 0.2) is 0 Å². The van der Waals surface area contributed by atoms with E-state index in [0.29, 0.717) is 30.8 Å². The van der Waals surface area contributed by atoms with Gasteiger partial charge in [0.05, 0.1) is 29.6 Å². The van der Waals surface area contributed by atoms with Gasteiger partial charge < -0.3 is 10.1 Å². The van der Waals surface area contributed by atoms with Crippen molar-refractivity contribution >= 4 is 23.4 Å². The lowest BCUT2D eigenvalue weighted by Crippen LogP contribution is -2.36. The minimum Gasteiger partial charge on any atom is -0.452 e. The molecule has 1 fully saturated rings. The summed E-state index contributed by atoms with van der Waals surface area (Å²) in [6.07, 6.45) is 2.58. The summed E-state index contributed by atoms with van der Waals surface area (Å²) in [4.78, 5) is 31.1. The van der Waals surface area contributed by atoms with E-state index in [9.17, 15) is 14.0 Å². The van der Waals surface area contributed by atoms with Gasteiger partial charge in [-0.3, -0.25) is 14.7 Å². The van der Waals surface area contributed by atoms with E-state index >= 15 is 0 Å². The second-order valence-electron chi connectivity index (χ2n) is 6.93. The zero-order chi connectivity index (χ0) is 19.0. The van der Waals surface area contributed by atoms with Crippen LogP contribution in [0.15, 0.2) is 36.4 Å². The summed E-state index contributed by atoms with van der Waals surface area (Å²) in [5.41, 5.74) is 2.17. The molecule has 2 aliphatic rings. The third-order valence-corrected chi connectivity index (χ3v) is 5.21. The van der Waals surface area contributed by atoms with E-state index in [1.165, 1.54) is 31.4 Å². The first kappa shape index (κ1) is 17.5. The van der Waals surface area contributed by atoms with E-state index in [2.05, 4.69) is 5.32 Å². The van der Waals surface area contributed by atoms with Crippen LogP contribution < -0.4 is 10.2 Å². The molecule has 0 atom stereocenters. The van der Waals surface area contributed by atoms with Gasteiger partial charge in [-0.15, -0.1) is 0 Å². The second-order valence-corrected chi connectivity index (χ2v) is 6.93. The van der Waals surface area contributed by atoms with Crippen molar-refractivity contribution in [2.24, 2.45) is 0 Å². The monoisotopic (exact) mass is 369 g/mol. The van der Waals surface area contributed by atoms with Crippen LogP contribution in [0.5, 0.6) is 0 Å². The number of hydrogen-bond acceptors (Lipinski definition) is 4. The van der Waals surface area contributed by atoms with E-state index in [1.54, 1.807) is 4.90 Å². The molecule has 2 aromatic rings. The third kappa shape index (κ3) is 3.13. The Morgan fingerprint density at radius 1 is 1.19 bits per heavy atom. The molecular formula is C20H20FN3O3. The molecule has 6 nitrogen and oxygen atoms in total. The van der Waals surface area contributed by atoms with Gasteiger partial charge >= 0.3 is 6.09 Å². The molecule has 1 saturated carbocycles. The molecule has 1 N–H and O–H groups in total. The van der Waals surface area contributed by atoms with Gasteiger partial charge in [-0.1, -0.05) is 0 Å². The molecule has 1 aliphatic heterocycles.